The Morgan fingerprint density at radius 3 is 2.48 bits per heavy atom. The fourth-order valence-electron chi connectivity index (χ4n) is 3.62. The number of fused-ring (bicyclic) bond motifs is 1. The summed E-state index contributed by atoms with van der Waals surface area (Å²) in [6.45, 7) is 4.12. The number of pyridine rings is 1. The number of nitrogens with one attached hydrogen (secondary N) is 1. The highest BCUT2D eigenvalue weighted by molar-refractivity contribution is 5.53. The third kappa shape index (κ3) is 3.85. The predicted molar refractivity (Wildman–Crippen MR) is 103 cm³/mol. The zero-order valence-electron chi connectivity index (χ0n) is 14.7. The first-order valence-corrected chi connectivity index (χ1v) is 9.36. The summed E-state index contributed by atoms with van der Waals surface area (Å²) in [6.07, 6.45) is 9.33. The summed E-state index contributed by atoms with van der Waals surface area (Å²) in [7, 11) is 0. The van der Waals surface area contributed by atoms with Crippen LogP contribution >= 0.6 is 0 Å². The van der Waals surface area contributed by atoms with Crippen LogP contribution in [-0.2, 0) is 13.1 Å². The van der Waals surface area contributed by atoms with E-state index >= 15 is 0 Å². The molecule has 1 aliphatic heterocycles. The second kappa shape index (κ2) is 7.70. The van der Waals surface area contributed by atoms with Gasteiger partial charge in [-0.15, -0.1) is 0 Å². The molecule has 1 fully saturated rings. The first kappa shape index (κ1) is 16.2. The van der Waals surface area contributed by atoms with Gasteiger partial charge in [0.05, 0.1) is 11.7 Å². The fourth-order valence-corrected chi connectivity index (χ4v) is 3.62. The van der Waals surface area contributed by atoms with Gasteiger partial charge in [-0.05, 0) is 42.7 Å². The molecule has 1 N–H and O–H groups in total. The smallest absolute Gasteiger partial charge is 0.0706 e. The summed E-state index contributed by atoms with van der Waals surface area (Å²) in [6, 6.07) is 15.2. The quantitative estimate of drug-likeness (QED) is 0.765. The first-order chi connectivity index (χ1) is 12.4. The van der Waals surface area contributed by atoms with Crippen LogP contribution in [0.1, 0.15) is 36.8 Å². The van der Waals surface area contributed by atoms with E-state index in [-0.39, 0.29) is 0 Å². The second-order valence-electron chi connectivity index (χ2n) is 6.87. The molecule has 1 saturated heterocycles. The van der Waals surface area contributed by atoms with Crippen molar-refractivity contribution in [1.82, 2.24) is 14.9 Å². The Labute approximate surface area is 149 Å². The van der Waals surface area contributed by atoms with Crippen LogP contribution in [0.4, 0.5) is 5.69 Å². The molecule has 0 bridgehead atoms. The van der Waals surface area contributed by atoms with Gasteiger partial charge in [-0.3, -0.25) is 0 Å². The maximum atomic E-state index is 4.39. The van der Waals surface area contributed by atoms with Crippen LogP contribution < -0.4 is 10.2 Å². The van der Waals surface area contributed by atoms with Gasteiger partial charge in [0.25, 0.3) is 0 Å². The Hall–Kier alpha value is -2.33. The summed E-state index contributed by atoms with van der Waals surface area (Å²) < 4.78 is 1.92. The molecule has 0 amide bonds. The van der Waals surface area contributed by atoms with Crippen molar-refractivity contribution in [3.63, 3.8) is 0 Å². The molecule has 0 radical (unpaired) electrons. The van der Waals surface area contributed by atoms with E-state index in [9.17, 15) is 0 Å². The zero-order chi connectivity index (χ0) is 16.9. The molecule has 0 saturated carbocycles. The summed E-state index contributed by atoms with van der Waals surface area (Å²) in [4.78, 5) is 2.53. The molecule has 1 aromatic carbocycles. The topological polar surface area (TPSA) is 32.6 Å². The molecule has 0 unspecified atom stereocenters. The van der Waals surface area contributed by atoms with Gasteiger partial charge in [0.1, 0.15) is 0 Å². The predicted octanol–water partition coefficient (Wildman–Crippen LogP) is 4.00. The monoisotopic (exact) mass is 334 g/mol. The van der Waals surface area contributed by atoms with Crippen molar-refractivity contribution in [3.05, 3.63) is 66.0 Å². The molecule has 1 aliphatic rings. The van der Waals surface area contributed by atoms with Gasteiger partial charge < -0.3 is 10.2 Å². The van der Waals surface area contributed by atoms with Crippen LogP contribution in [0.3, 0.4) is 0 Å². The van der Waals surface area contributed by atoms with Gasteiger partial charge in [0, 0.05) is 43.6 Å². The van der Waals surface area contributed by atoms with Crippen molar-refractivity contribution in [1.29, 1.82) is 0 Å². The maximum absolute atomic E-state index is 4.39. The van der Waals surface area contributed by atoms with Gasteiger partial charge in [-0.25, -0.2) is 4.52 Å². The summed E-state index contributed by atoms with van der Waals surface area (Å²) in [5.74, 6) is 0. The molecule has 3 heterocycles. The number of nitrogens with zero attached hydrogens (tertiary/aromatic N) is 3. The third-order valence-electron chi connectivity index (χ3n) is 5.06. The zero-order valence-corrected chi connectivity index (χ0v) is 14.7. The summed E-state index contributed by atoms with van der Waals surface area (Å²) in [5, 5.41) is 7.92. The van der Waals surface area contributed by atoms with Crippen LogP contribution in [-0.4, -0.2) is 22.7 Å². The van der Waals surface area contributed by atoms with Crippen LogP contribution in [0, 0.1) is 0 Å². The minimum atomic E-state index is 0.835. The highest BCUT2D eigenvalue weighted by Gasteiger charge is 2.09. The van der Waals surface area contributed by atoms with Crippen molar-refractivity contribution in [2.45, 2.75) is 38.8 Å². The maximum Gasteiger partial charge on any atom is 0.0706 e. The van der Waals surface area contributed by atoms with E-state index in [1.807, 2.05) is 23.0 Å². The number of benzene rings is 1. The molecule has 2 aromatic heterocycles. The van der Waals surface area contributed by atoms with E-state index in [1.54, 1.807) is 0 Å². The average Bonchev–Trinajstić information content (AvgIpc) is 2.88. The Kier molecular flexibility index (Phi) is 4.98. The minimum absolute atomic E-state index is 0.835. The van der Waals surface area contributed by atoms with E-state index in [1.165, 1.54) is 61.1 Å². The molecular formula is C21H26N4. The largest absolute Gasteiger partial charge is 0.372 e. The molecule has 4 nitrogen and oxygen atoms in total. The van der Waals surface area contributed by atoms with Crippen molar-refractivity contribution in [2.75, 3.05) is 18.0 Å². The molecule has 0 atom stereocenters. The molecule has 0 spiro atoms. The SMILES string of the molecule is c1ccn2ncc(CNCc3ccc(N4CCCCCC4)cc3)c2c1. The van der Waals surface area contributed by atoms with Crippen LogP contribution in [0.2, 0.25) is 0 Å². The fraction of sp³-hybridized carbons (Fsp3) is 0.381. The molecule has 4 heteroatoms. The van der Waals surface area contributed by atoms with Crippen LogP contribution in [0.5, 0.6) is 0 Å². The minimum Gasteiger partial charge on any atom is -0.372 e. The van der Waals surface area contributed by atoms with Gasteiger partial charge in [0.15, 0.2) is 0 Å². The highest BCUT2D eigenvalue weighted by Crippen LogP contribution is 2.20. The lowest BCUT2D eigenvalue weighted by Gasteiger charge is -2.22. The van der Waals surface area contributed by atoms with E-state index in [2.05, 4.69) is 51.7 Å². The highest BCUT2D eigenvalue weighted by atomic mass is 15.2. The lowest BCUT2D eigenvalue weighted by molar-refractivity contribution is 0.696. The second-order valence-corrected chi connectivity index (χ2v) is 6.87. The van der Waals surface area contributed by atoms with Crippen molar-refractivity contribution < 1.29 is 0 Å². The lowest BCUT2D eigenvalue weighted by Crippen LogP contribution is -2.23. The van der Waals surface area contributed by atoms with Crippen molar-refractivity contribution in [2.24, 2.45) is 0 Å². The van der Waals surface area contributed by atoms with Gasteiger partial charge in [0.2, 0.25) is 0 Å². The molecular weight excluding hydrogens is 308 g/mol. The molecule has 3 aromatic rings. The van der Waals surface area contributed by atoms with E-state index in [0.29, 0.717) is 0 Å². The Bertz CT molecular complexity index is 798. The normalized spacial score (nSPS) is 15.4. The summed E-state index contributed by atoms with van der Waals surface area (Å²) in [5.41, 5.74) is 5.11. The Morgan fingerprint density at radius 1 is 0.880 bits per heavy atom. The molecule has 4 rings (SSSR count). The van der Waals surface area contributed by atoms with Crippen molar-refractivity contribution >= 4 is 11.2 Å². The molecule has 0 aliphatic carbocycles. The standard InChI is InChI=1S/C21H26N4/c1-2-5-13-24(12-4-1)20-10-8-18(9-11-20)15-22-16-19-17-23-25-14-6-3-7-21(19)25/h3,6-11,14,17,22H,1-2,4-5,12-13,15-16H2. The lowest BCUT2D eigenvalue weighted by atomic mass is 10.2. The number of hydrogen-bond donors (Lipinski definition) is 1. The molecule has 130 valence electrons. The van der Waals surface area contributed by atoms with Gasteiger partial charge >= 0.3 is 0 Å². The van der Waals surface area contributed by atoms with Gasteiger partial charge in [-0.2, -0.15) is 5.10 Å². The van der Waals surface area contributed by atoms with Crippen molar-refractivity contribution in [3.8, 4) is 0 Å². The average molecular weight is 334 g/mol. The molecule has 25 heavy (non-hydrogen) atoms. The van der Waals surface area contributed by atoms with Gasteiger partial charge in [-0.1, -0.05) is 31.0 Å². The Morgan fingerprint density at radius 2 is 1.68 bits per heavy atom. The number of aromatic nitrogens is 2. The Balaban J connectivity index is 1.33. The van der Waals surface area contributed by atoms with E-state index < -0.39 is 0 Å². The van der Waals surface area contributed by atoms with E-state index in [4.69, 9.17) is 0 Å². The number of anilines is 1. The van der Waals surface area contributed by atoms with E-state index in [0.717, 1.165) is 13.1 Å². The van der Waals surface area contributed by atoms with Crippen LogP contribution in [0.15, 0.2) is 54.9 Å². The third-order valence-corrected chi connectivity index (χ3v) is 5.06. The number of hydrogen-bond acceptors (Lipinski definition) is 3. The first-order valence-electron chi connectivity index (χ1n) is 9.36. The summed E-state index contributed by atoms with van der Waals surface area (Å²) >= 11 is 0. The number of rotatable bonds is 5. The van der Waals surface area contributed by atoms with Crippen LogP contribution in [0.25, 0.3) is 5.52 Å².